The molecule has 182 valence electrons. The monoisotopic (exact) mass is 489 g/mol. The average Bonchev–Trinajstić information content (AvgIpc) is 3.40. The molecule has 4 heterocycles. The van der Waals surface area contributed by atoms with Gasteiger partial charge in [0.1, 0.15) is 5.76 Å². The van der Waals surface area contributed by atoms with Gasteiger partial charge in [0, 0.05) is 53.8 Å². The van der Waals surface area contributed by atoms with Gasteiger partial charge in [-0.3, -0.25) is 14.9 Å². The lowest BCUT2D eigenvalue weighted by atomic mass is 10.0. The third-order valence-corrected chi connectivity index (χ3v) is 7.05. The van der Waals surface area contributed by atoms with E-state index >= 15 is 0 Å². The summed E-state index contributed by atoms with van der Waals surface area (Å²) < 4.78 is 5.67. The molecule has 35 heavy (non-hydrogen) atoms. The van der Waals surface area contributed by atoms with E-state index in [1.165, 1.54) is 18.4 Å². The Balaban J connectivity index is 1.10. The van der Waals surface area contributed by atoms with Crippen LogP contribution in [-0.4, -0.2) is 52.0 Å². The molecule has 7 heteroatoms. The summed E-state index contributed by atoms with van der Waals surface area (Å²) in [6.45, 7) is 6.07. The van der Waals surface area contributed by atoms with Gasteiger partial charge >= 0.3 is 0 Å². The van der Waals surface area contributed by atoms with Crippen molar-refractivity contribution in [1.82, 2.24) is 19.8 Å². The number of hydrogen-bond acceptors (Lipinski definition) is 6. The van der Waals surface area contributed by atoms with Crippen molar-refractivity contribution in [3.63, 3.8) is 0 Å². The number of halogens is 1. The minimum atomic E-state index is 0.553. The van der Waals surface area contributed by atoms with Crippen LogP contribution in [0.1, 0.15) is 30.6 Å². The number of pyridine rings is 2. The molecule has 0 bridgehead atoms. The van der Waals surface area contributed by atoms with Gasteiger partial charge in [0.2, 0.25) is 0 Å². The molecule has 5 rings (SSSR count). The number of rotatable bonds is 10. The molecule has 3 aromatic heterocycles. The first kappa shape index (κ1) is 23.8. The minimum absolute atomic E-state index is 0.553. The number of likely N-dealkylation sites (tertiary alicyclic amines) is 1. The maximum Gasteiger partial charge on any atom is 0.117 e. The highest BCUT2D eigenvalue weighted by molar-refractivity contribution is 6.31. The van der Waals surface area contributed by atoms with Crippen LogP contribution in [0.3, 0.4) is 0 Å². The fourth-order valence-electron chi connectivity index (χ4n) is 4.95. The SMILES string of the molecule is Clc1ccc2c(NCCCN3CCC(N(Cc4ccncc4)Cc4ccco4)CC3)ccnc2c1. The standard InChI is InChI=1S/C28H32ClN5O/c29-23-4-5-26-27(8-14-32-28(26)19-23)31-11-2-15-33-16-9-24(10-17-33)34(21-25-3-1-18-35-25)20-22-6-12-30-13-7-22/h1,3-8,12-14,18-19,24H,2,9-11,15-17,20-21H2,(H,31,32). The molecule has 0 radical (unpaired) electrons. The fraction of sp³-hybridized carbons (Fsp3) is 0.357. The Morgan fingerprint density at radius 3 is 2.69 bits per heavy atom. The van der Waals surface area contributed by atoms with Crippen LogP contribution in [0.15, 0.2) is 77.8 Å². The zero-order chi connectivity index (χ0) is 23.9. The van der Waals surface area contributed by atoms with Gasteiger partial charge in [-0.25, -0.2) is 0 Å². The predicted octanol–water partition coefficient (Wildman–Crippen LogP) is 5.85. The normalized spacial score (nSPS) is 15.1. The number of nitrogens with zero attached hydrogens (tertiary/aromatic N) is 4. The van der Waals surface area contributed by atoms with Crippen molar-refractivity contribution < 1.29 is 4.42 Å². The second kappa shape index (κ2) is 11.7. The van der Waals surface area contributed by atoms with Gasteiger partial charge in [0.05, 0.1) is 18.3 Å². The van der Waals surface area contributed by atoms with E-state index in [0.717, 1.165) is 68.0 Å². The summed E-state index contributed by atoms with van der Waals surface area (Å²) in [6, 6.07) is 16.7. The van der Waals surface area contributed by atoms with Gasteiger partial charge in [0.25, 0.3) is 0 Å². The molecule has 1 saturated heterocycles. The molecule has 0 unspecified atom stereocenters. The molecular formula is C28H32ClN5O. The highest BCUT2D eigenvalue weighted by Gasteiger charge is 2.25. The Morgan fingerprint density at radius 2 is 1.89 bits per heavy atom. The maximum atomic E-state index is 6.11. The molecule has 6 nitrogen and oxygen atoms in total. The molecule has 0 saturated carbocycles. The average molecular weight is 490 g/mol. The van der Waals surface area contributed by atoms with Crippen molar-refractivity contribution in [3.8, 4) is 0 Å². The Hall–Kier alpha value is -2.93. The summed E-state index contributed by atoms with van der Waals surface area (Å²) in [5.74, 6) is 1.03. The Labute approximate surface area is 211 Å². The third kappa shape index (κ3) is 6.40. The van der Waals surface area contributed by atoms with E-state index in [-0.39, 0.29) is 0 Å². The van der Waals surface area contributed by atoms with Crippen LogP contribution in [0.25, 0.3) is 10.9 Å². The minimum Gasteiger partial charge on any atom is -0.468 e. The maximum absolute atomic E-state index is 6.11. The Bertz CT molecular complexity index is 1190. The van der Waals surface area contributed by atoms with Crippen LogP contribution in [0, 0.1) is 0 Å². The quantitative estimate of drug-likeness (QED) is 0.282. The molecule has 0 aliphatic carbocycles. The zero-order valence-electron chi connectivity index (χ0n) is 19.9. The van der Waals surface area contributed by atoms with Crippen LogP contribution in [0.5, 0.6) is 0 Å². The van der Waals surface area contributed by atoms with Crippen LogP contribution in [0.2, 0.25) is 5.02 Å². The van der Waals surface area contributed by atoms with E-state index in [2.05, 4.69) is 43.3 Å². The summed E-state index contributed by atoms with van der Waals surface area (Å²) in [4.78, 5) is 13.8. The molecule has 0 amide bonds. The molecule has 1 fully saturated rings. The number of furan rings is 1. The number of aromatic nitrogens is 2. The van der Waals surface area contributed by atoms with E-state index in [0.29, 0.717) is 11.1 Å². The number of nitrogens with one attached hydrogen (secondary N) is 1. The van der Waals surface area contributed by atoms with E-state index in [1.807, 2.05) is 48.9 Å². The molecular weight excluding hydrogens is 458 g/mol. The molecule has 1 aromatic carbocycles. The van der Waals surface area contributed by atoms with Crippen molar-refractivity contribution in [2.75, 3.05) is 31.5 Å². The Morgan fingerprint density at radius 1 is 1.03 bits per heavy atom. The largest absolute Gasteiger partial charge is 0.468 e. The lowest BCUT2D eigenvalue weighted by Gasteiger charge is -2.38. The number of anilines is 1. The van der Waals surface area contributed by atoms with Gasteiger partial charge < -0.3 is 14.6 Å². The lowest BCUT2D eigenvalue weighted by Crippen LogP contribution is -2.44. The van der Waals surface area contributed by atoms with Crippen LogP contribution in [-0.2, 0) is 13.1 Å². The van der Waals surface area contributed by atoms with Gasteiger partial charge in [-0.15, -0.1) is 0 Å². The molecule has 1 aliphatic heterocycles. The highest BCUT2D eigenvalue weighted by Crippen LogP contribution is 2.25. The Kier molecular flexibility index (Phi) is 7.93. The summed E-state index contributed by atoms with van der Waals surface area (Å²) >= 11 is 6.11. The second-order valence-corrected chi connectivity index (χ2v) is 9.65. The topological polar surface area (TPSA) is 57.4 Å². The number of piperidine rings is 1. The van der Waals surface area contributed by atoms with Gasteiger partial charge in [0.15, 0.2) is 0 Å². The van der Waals surface area contributed by atoms with Gasteiger partial charge in [-0.2, -0.15) is 0 Å². The molecule has 0 atom stereocenters. The summed E-state index contributed by atoms with van der Waals surface area (Å²) in [5.41, 5.74) is 3.34. The first-order valence-electron chi connectivity index (χ1n) is 12.4. The first-order valence-corrected chi connectivity index (χ1v) is 12.8. The van der Waals surface area contributed by atoms with Crippen molar-refractivity contribution in [2.24, 2.45) is 0 Å². The lowest BCUT2D eigenvalue weighted by molar-refractivity contribution is 0.0907. The summed E-state index contributed by atoms with van der Waals surface area (Å²) in [5, 5.41) is 5.42. The van der Waals surface area contributed by atoms with Crippen molar-refractivity contribution in [1.29, 1.82) is 0 Å². The fourth-order valence-corrected chi connectivity index (χ4v) is 5.12. The second-order valence-electron chi connectivity index (χ2n) is 9.21. The molecule has 0 spiro atoms. The number of benzene rings is 1. The smallest absolute Gasteiger partial charge is 0.117 e. The molecule has 4 aromatic rings. The summed E-state index contributed by atoms with van der Waals surface area (Å²) in [6.07, 6.45) is 10.8. The molecule has 1 aliphatic rings. The van der Waals surface area contributed by atoms with E-state index in [9.17, 15) is 0 Å². The zero-order valence-corrected chi connectivity index (χ0v) is 20.7. The van der Waals surface area contributed by atoms with Crippen molar-refractivity contribution in [3.05, 3.63) is 89.7 Å². The van der Waals surface area contributed by atoms with E-state index in [4.69, 9.17) is 16.0 Å². The van der Waals surface area contributed by atoms with Crippen LogP contribution < -0.4 is 5.32 Å². The predicted molar refractivity (Wildman–Crippen MR) is 142 cm³/mol. The van der Waals surface area contributed by atoms with E-state index < -0.39 is 0 Å². The van der Waals surface area contributed by atoms with Crippen LogP contribution in [0.4, 0.5) is 5.69 Å². The number of fused-ring (bicyclic) bond motifs is 1. The highest BCUT2D eigenvalue weighted by atomic mass is 35.5. The van der Waals surface area contributed by atoms with Crippen molar-refractivity contribution in [2.45, 2.75) is 38.4 Å². The summed E-state index contributed by atoms with van der Waals surface area (Å²) in [7, 11) is 0. The van der Waals surface area contributed by atoms with E-state index in [1.54, 1.807) is 6.26 Å². The van der Waals surface area contributed by atoms with Crippen LogP contribution >= 0.6 is 11.6 Å². The first-order chi connectivity index (χ1) is 17.2. The number of hydrogen-bond donors (Lipinski definition) is 1. The third-order valence-electron chi connectivity index (χ3n) is 6.82. The van der Waals surface area contributed by atoms with Crippen molar-refractivity contribution >= 4 is 28.2 Å². The molecule has 1 N–H and O–H groups in total. The van der Waals surface area contributed by atoms with Gasteiger partial charge in [-0.1, -0.05) is 11.6 Å². The van der Waals surface area contributed by atoms with Gasteiger partial charge in [-0.05, 0) is 93.0 Å².